The van der Waals surface area contributed by atoms with Gasteiger partial charge in [-0.05, 0) is 88.1 Å². The smallest absolute Gasteiger partial charge is 0.328 e. The molecule has 2 aromatic carbocycles. The summed E-state index contributed by atoms with van der Waals surface area (Å²) in [6, 6.07) is 10.6. The van der Waals surface area contributed by atoms with E-state index in [-0.39, 0.29) is 59.3 Å². The molecular weight excluding hydrogens is 532 g/mol. The number of esters is 2. The number of carbonyl (C=O) groups excluding carboxylic acids is 4. The Morgan fingerprint density at radius 3 is 1.45 bits per heavy atom. The number of benzene rings is 2. The van der Waals surface area contributed by atoms with Crippen LogP contribution in [-0.2, 0) is 19.1 Å². The maximum absolute atomic E-state index is 12.2. The number of anilines is 2. The molecular formula is C34H38N2O6. The van der Waals surface area contributed by atoms with Crippen molar-refractivity contribution in [1.82, 2.24) is 0 Å². The summed E-state index contributed by atoms with van der Waals surface area (Å²) in [6.45, 7) is 7.55. The first-order chi connectivity index (χ1) is 20.2. The van der Waals surface area contributed by atoms with Crippen LogP contribution in [0.15, 0.2) is 60.7 Å². The third-order valence-electron chi connectivity index (χ3n) is 8.62. The molecule has 0 saturated carbocycles. The molecule has 0 spiro atoms. The highest BCUT2D eigenvalue weighted by molar-refractivity contribution is 5.96. The van der Waals surface area contributed by atoms with Crippen molar-refractivity contribution in [2.45, 2.75) is 64.5 Å². The molecule has 8 heteroatoms. The molecule has 0 unspecified atom stereocenters. The van der Waals surface area contributed by atoms with E-state index < -0.39 is 0 Å². The highest BCUT2D eigenvalue weighted by Crippen LogP contribution is 2.46. The number of hydrogen-bond donors (Lipinski definition) is 2. The van der Waals surface area contributed by atoms with E-state index in [1.165, 1.54) is 0 Å². The fourth-order valence-electron chi connectivity index (χ4n) is 6.56. The van der Waals surface area contributed by atoms with Crippen molar-refractivity contribution in [3.63, 3.8) is 0 Å². The molecule has 8 nitrogen and oxygen atoms in total. The summed E-state index contributed by atoms with van der Waals surface area (Å²) in [6.07, 6.45) is 10.2. The number of ether oxygens (including phenoxy) is 2. The van der Waals surface area contributed by atoms with Crippen LogP contribution in [0, 0.1) is 11.8 Å². The lowest BCUT2D eigenvalue weighted by Gasteiger charge is -2.35. The monoisotopic (exact) mass is 570 g/mol. The highest BCUT2D eigenvalue weighted by Gasteiger charge is 2.42. The molecule has 2 aromatic rings. The fraction of sp³-hybridized carbons (Fsp3) is 0.412. The number of hydrogen-bond acceptors (Lipinski definition) is 8. The van der Waals surface area contributed by atoms with Crippen molar-refractivity contribution in [3.05, 3.63) is 83.0 Å². The second kappa shape index (κ2) is 12.3. The van der Waals surface area contributed by atoms with Crippen LogP contribution in [0.25, 0.3) is 0 Å². The fourth-order valence-corrected chi connectivity index (χ4v) is 6.56. The molecule has 42 heavy (non-hydrogen) atoms. The van der Waals surface area contributed by atoms with Crippen LogP contribution in [0.3, 0.4) is 0 Å². The van der Waals surface area contributed by atoms with E-state index >= 15 is 0 Å². The summed E-state index contributed by atoms with van der Waals surface area (Å²) >= 11 is 0. The minimum absolute atomic E-state index is 0.0591. The standard InChI is InChI=1S/2C17H19NO3/c2*1-3-21-17(20)16-13-6-4-5-12(13)14-9-11(10(2)19)7-8-15(14)18-16/h2*4-5,7-9,12-13,16,18H,3,6H2,1-2H3/t2*12-,13+,16-/m10/s1. The average Bonchev–Trinajstić information content (AvgIpc) is 3.67. The summed E-state index contributed by atoms with van der Waals surface area (Å²) in [5.41, 5.74) is 5.47. The lowest BCUT2D eigenvalue weighted by molar-refractivity contribution is -0.146. The normalized spacial score (nSPS) is 25.7. The Bertz CT molecular complexity index is 1350. The summed E-state index contributed by atoms with van der Waals surface area (Å²) in [7, 11) is 0. The molecule has 0 radical (unpaired) electrons. The van der Waals surface area contributed by atoms with Crippen LogP contribution in [-0.4, -0.2) is 48.8 Å². The van der Waals surface area contributed by atoms with Crippen molar-refractivity contribution in [3.8, 4) is 0 Å². The van der Waals surface area contributed by atoms with Gasteiger partial charge in [0.05, 0.1) is 13.2 Å². The summed E-state index contributed by atoms with van der Waals surface area (Å²) < 4.78 is 10.4. The number of fused-ring (bicyclic) bond motifs is 6. The molecule has 6 atom stereocenters. The van der Waals surface area contributed by atoms with E-state index in [1.54, 1.807) is 26.0 Å². The zero-order valence-electron chi connectivity index (χ0n) is 24.5. The lowest BCUT2D eigenvalue weighted by Crippen LogP contribution is -2.43. The first-order valence-electron chi connectivity index (χ1n) is 14.7. The van der Waals surface area contributed by atoms with Gasteiger partial charge in [-0.3, -0.25) is 9.59 Å². The van der Waals surface area contributed by atoms with Gasteiger partial charge in [-0.25, -0.2) is 9.59 Å². The van der Waals surface area contributed by atoms with E-state index in [0.717, 1.165) is 35.3 Å². The Hall–Kier alpha value is -4.20. The zero-order valence-corrected chi connectivity index (χ0v) is 24.5. The van der Waals surface area contributed by atoms with Crippen molar-refractivity contribution < 1.29 is 28.7 Å². The molecule has 2 aliphatic carbocycles. The molecule has 6 rings (SSSR count). The van der Waals surface area contributed by atoms with E-state index in [9.17, 15) is 19.2 Å². The van der Waals surface area contributed by atoms with Gasteiger partial charge in [-0.2, -0.15) is 0 Å². The Kier molecular flexibility index (Phi) is 8.61. The van der Waals surface area contributed by atoms with Gasteiger partial charge in [0.2, 0.25) is 0 Å². The lowest BCUT2D eigenvalue weighted by atomic mass is 9.78. The maximum Gasteiger partial charge on any atom is 0.328 e. The molecule has 0 amide bonds. The molecule has 0 fully saturated rings. The number of ketones is 2. The van der Waals surface area contributed by atoms with E-state index in [1.807, 2.05) is 38.1 Å². The van der Waals surface area contributed by atoms with Crippen molar-refractivity contribution in [2.24, 2.45) is 11.8 Å². The second-order valence-electron chi connectivity index (χ2n) is 11.2. The number of Topliss-reactive ketones (excluding diaryl/α,β-unsaturated/α-hetero) is 2. The Morgan fingerprint density at radius 2 is 1.10 bits per heavy atom. The molecule has 220 valence electrons. The zero-order chi connectivity index (χ0) is 30.0. The second-order valence-corrected chi connectivity index (χ2v) is 11.2. The Morgan fingerprint density at radius 1 is 0.690 bits per heavy atom. The number of allylic oxidation sites excluding steroid dienone is 4. The van der Waals surface area contributed by atoms with Crippen molar-refractivity contribution >= 4 is 34.9 Å². The van der Waals surface area contributed by atoms with Crippen LogP contribution in [0.5, 0.6) is 0 Å². The molecule has 0 bridgehead atoms. The van der Waals surface area contributed by atoms with Gasteiger partial charge in [0.25, 0.3) is 0 Å². The van der Waals surface area contributed by atoms with Gasteiger partial charge in [-0.15, -0.1) is 0 Å². The van der Waals surface area contributed by atoms with Crippen molar-refractivity contribution in [2.75, 3.05) is 23.8 Å². The van der Waals surface area contributed by atoms with E-state index in [0.29, 0.717) is 24.3 Å². The predicted molar refractivity (Wildman–Crippen MR) is 161 cm³/mol. The average molecular weight is 571 g/mol. The van der Waals surface area contributed by atoms with Gasteiger partial charge in [-0.1, -0.05) is 24.3 Å². The molecule has 0 aromatic heterocycles. The number of rotatable bonds is 6. The van der Waals surface area contributed by atoms with Crippen LogP contribution < -0.4 is 10.6 Å². The van der Waals surface area contributed by atoms with Gasteiger partial charge in [0.15, 0.2) is 11.6 Å². The minimum Gasteiger partial charge on any atom is -0.464 e. The van der Waals surface area contributed by atoms with Crippen LogP contribution in [0.2, 0.25) is 0 Å². The predicted octanol–water partition coefficient (Wildman–Crippen LogP) is 5.81. The maximum atomic E-state index is 12.2. The largest absolute Gasteiger partial charge is 0.464 e. The molecule has 2 N–H and O–H groups in total. The van der Waals surface area contributed by atoms with Gasteiger partial charge in [0.1, 0.15) is 12.1 Å². The summed E-state index contributed by atoms with van der Waals surface area (Å²) in [4.78, 5) is 47.5. The van der Waals surface area contributed by atoms with Crippen LogP contribution in [0.4, 0.5) is 11.4 Å². The minimum atomic E-state index is -0.319. The topological polar surface area (TPSA) is 111 Å². The molecule has 4 aliphatic rings. The quantitative estimate of drug-likeness (QED) is 0.254. The van der Waals surface area contributed by atoms with E-state index in [2.05, 4.69) is 34.9 Å². The summed E-state index contributed by atoms with van der Waals surface area (Å²) in [5.74, 6) is 0.408. The van der Waals surface area contributed by atoms with Crippen LogP contribution >= 0.6 is 0 Å². The number of carbonyl (C=O) groups is 4. The van der Waals surface area contributed by atoms with Gasteiger partial charge in [0, 0.05) is 46.2 Å². The first kappa shape index (κ1) is 29.3. The third-order valence-corrected chi connectivity index (χ3v) is 8.62. The molecule has 2 heterocycles. The molecule has 0 saturated heterocycles. The molecule has 2 aliphatic heterocycles. The number of nitrogens with one attached hydrogen (secondary N) is 2. The highest BCUT2D eigenvalue weighted by atomic mass is 16.5. The first-order valence-corrected chi connectivity index (χ1v) is 14.7. The van der Waals surface area contributed by atoms with Gasteiger partial charge >= 0.3 is 11.9 Å². The van der Waals surface area contributed by atoms with Gasteiger partial charge < -0.3 is 20.1 Å². The summed E-state index contributed by atoms with van der Waals surface area (Å²) in [5, 5.41) is 6.59. The Balaban J connectivity index is 0.000000168. The Labute approximate surface area is 246 Å². The van der Waals surface area contributed by atoms with E-state index in [4.69, 9.17) is 9.47 Å². The third kappa shape index (κ3) is 5.62. The SMILES string of the molecule is CCOC(=O)[C@@H]1Nc2ccc(C(C)=O)cc2[C@@H]2C=CC[C@H]12.CCOC(=O)[C@H]1Nc2ccc(C(C)=O)cc2[C@H]2C=CC[C@@H]12. The van der Waals surface area contributed by atoms with Crippen LogP contribution in [0.1, 0.15) is 84.2 Å². The van der Waals surface area contributed by atoms with Crippen molar-refractivity contribution in [1.29, 1.82) is 0 Å².